The van der Waals surface area contributed by atoms with Gasteiger partial charge >= 0.3 is 0 Å². The number of carbonyl (C=O) groups is 2. The number of fused-ring (bicyclic) bond motifs is 1. The molecule has 1 aliphatic heterocycles. The number of carbonyl (C=O) groups excluding carboxylic acids is 2. The summed E-state index contributed by atoms with van der Waals surface area (Å²) in [5.41, 5.74) is 1.96. The number of ketones is 1. The van der Waals surface area contributed by atoms with Gasteiger partial charge < -0.3 is 14.8 Å². The number of ether oxygens (including phenoxy) is 2. The zero-order chi connectivity index (χ0) is 16.9. The second-order valence-corrected chi connectivity index (χ2v) is 5.36. The zero-order valence-electron chi connectivity index (χ0n) is 13.2. The van der Waals surface area contributed by atoms with Crippen LogP contribution < -0.4 is 14.8 Å². The lowest BCUT2D eigenvalue weighted by atomic mass is 10.1. The first-order valence-electron chi connectivity index (χ1n) is 7.61. The summed E-state index contributed by atoms with van der Waals surface area (Å²) in [6, 6.07) is 12.4. The summed E-state index contributed by atoms with van der Waals surface area (Å²) in [6.45, 7) is 2.50. The molecule has 0 aliphatic carbocycles. The van der Waals surface area contributed by atoms with Crippen LogP contribution in [0.25, 0.3) is 6.08 Å². The lowest BCUT2D eigenvalue weighted by molar-refractivity contribution is -0.114. The van der Waals surface area contributed by atoms with E-state index in [-0.39, 0.29) is 11.7 Å². The Morgan fingerprint density at radius 2 is 1.83 bits per heavy atom. The summed E-state index contributed by atoms with van der Waals surface area (Å²) in [5, 5.41) is 2.66. The normalized spacial score (nSPS) is 12.9. The number of anilines is 1. The van der Waals surface area contributed by atoms with Crippen LogP contribution in [0.2, 0.25) is 0 Å². The van der Waals surface area contributed by atoms with Gasteiger partial charge in [0.05, 0.1) is 0 Å². The summed E-state index contributed by atoms with van der Waals surface area (Å²) in [4.78, 5) is 23.4. The van der Waals surface area contributed by atoms with Crippen LogP contribution in [-0.2, 0) is 4.79 Å². The molecule has 122 valence electrons. The van der Waals surface area contributed by atoms with E-state index in [0.29, 0.717) is 36.0 Å². The fourth-order valence-electron chi connectivity index (χ4n) is 2.39. The van der Waals surface area contributed by atoms with Crippen LogP contribution in [0, 0.1) is 0 Å². The third-order valence-corrected chi connectivity index (χ3v) is 3.46. The van der Waals surface area contributed by atoms with E-state index in [0.717, 1.165) is 5.56 Å². The number of benzene rings is 2. The van der Waals surface area contributed by atoms with E-state index in [1.807, 2.05) is 18.2 Å². The number of hydrogen-bond donors (Lipinski definition) is 1. The predicted molar refractivity (Wildman–Crippen MR) is 91.5 cm³/mol. The van der Waals surface area contributed by atoms with Gasteiger partial charge in [-0.2, -0.15) is 0 Å². The Bertz CT molecular complexity index is 811. The van der Waals surface area contributed by atoms with Crippen molar-refractivity contribution < 1.29 is 19.1 Å². The van der Waals surface area contributed by atoms with Crippen molar-refractivity contribution in [2.24, 2.45) is 0 Å². The molecule has 2 aromatic rings. The molecule has 0 bridgehead atoms. The van der Waals surface area contributed by atoms with Crippen molar-refractivity contribution in [3.63, 3.8) is 0 Å². The number of amides is 1. The van der Waals surface area contributed by atoms with E-state index in [1.54, 1.807) is 30.3 Å². The maximum atomic E-state index is 12.3. The third-order valence-electron chi connectivity index (χ3n) is 3.46. The van der Waals surface area contributed by atoms with Crippen LogP contribution >= 0.6 is 0 Å². The molecule has 0 atom stereocenters. The Balaban J connectivity index is 1.74. The molecule has 0 saturated heterocycles. The lowest BCUT2D eigenvalue weighted by Gasteiger charge is -2.18. The average molecular weight is 323 g/mol. The molecule has 1 amide bonds. The molecule has 3 rings (SSSR count). The first kappa shape index (κ1) is 15.8. The van der Waals surface area contributed by atoms with Crippen molar-refractivity contribution in [3.05, 3.63) is 59.7 Å². The van der Waals surface area contributed by atoms with Gasteiger partial charge in [0.1, 0.15) is 13.2 Å². The molecule has 0 fully saturated rings. The first-order chi connectivity index (χ1) is 11.6. The first-order valence-corrected chi connectivity index (χ1v) is 7.61. The smallest absolute Gasteiger partial charge is 0.221 e. The van der Waals surface area contributed by atoms with Crippen LogP contribution in [0.3, 0.4) is 0 Å². The van der Waals surface area contributed by atoms with Gasteiger partial charge in [0, 0.05) is 18.2 Å². The predicted octanol–water partition coefficient (Wildman–Crippen LogP) is 3.31. The highest BCUT2D eigenvalue weighted by Gasteiger charge is 2.11. The molecule has 1 heterocycles. The van der Waals surface area contributed by atoms with Crippen LogP contribution in [0.5, 0.6) is 11.5 Å². The molecular formula is C19H17NO4. The molecule has 2 aromatic carbocycles. The Hall–Kier alpha value is -3.08. The van der Waals surface area contributed by atoms with Crippen molar-refractivity contribution in [1.82, 2.24) is 0 Å². The van der Waals surface area contributed by atoms with E-state index >= 15 is 0 Å². The maximum absolute atomic E-state index is 12.3. The van der Waals surface area contributed by atoms with E-state index in [1.165, 1.54) is 13.0 Å². The van der Waals surface area contributed by atoms with Crippen molar-refractivity contribution in [2.45, 2.75) is 6.92 Å². The largest absolute Gasteiger partial charge is 0.486 e. The zero-order valence-corrected chi connectivity index (χ0v) is 13.2. The van der Waals surface area contributed by atoms with Crippen LogP contribution in [0.4, 0.5) is 5.69 Å². The average Bonchev–Trinajstić information content (AvgIpc) is 2.59. The summed E-state index contributed by atoms with van der Waals surface area (Å²) in [6.07, 6.45) is 3.23. The summed E-state index contributed by atoms with van der Waals surface area (Å²) >= 11 is 0. The van der Waals surface area contributed by atoms with Gasteiger partial charge in [-0.3, -0.25) is 9.59 Å². The fraction of sp³-hybridized carbons (Fsp3) is 0.158. The molecule has 0 aromatic heterocycles. The van der Waals surface area contributed by atoms with Gasteiger partial charge in [-0.25, -0.2) is 0 Å². The molecule has 0 radical (unpaired) electrons. The van der Waals surface area contributed by atoms with Crippen molar-refractivity contribution in [1.29, 1.82) is 0 Å². The van der Waals surface area contributed by atoms with Crippen molar-refractivity contribution in [2.75, 3.05) is 18.5 Å². The molecular weight excluding hydrogens is 306 g/mol. The molecule has 1 N–H and O–H groups in total. The highest BCUT2D eigenvalue weighted by molar-refractivity contribution is 6.07. The highest BCUT2D eigenvalue weighted by Crippen LogP contribution is 2.31. The standard InChI is InChI=1S/C19H17NO4/c1-13(21)20-16-4-2-3-15(12-16)17(22)7-5-14-6-8-18-19(11-14)24-10-9-23-18/h2-8,11-12H,9-10H2,1H3,(H,20,21). The van der Waals surface area contributed by atoms with Crippen molar-refractivity contribution in [3.8, 4) is 11.5 Å². The Kier molecular flexibility index (Phi) is 4.61. The van der Waals surface area contributed by atoms with Gasteiger partial charge in [0.15, 0.2) is 17.3 Å². The quantitative estimate of drug-likeness (QED) is 0.692. The SMILES string of the molecule is CC(=O)Nc1cccc(C(=O)C=Cc2ccc3c(c2)OCCO3)c1. The minimum Gasteiger partial charge on any atom is -0.486 e. The van der Waals surface area contributed by atoms with Gasteiger partial charge in [0.25, 0.3) is 0 Å². The lowest BCUT2D eigenvalue weighted by Crippen LogP contribution is -2.15. The molecule has 5 nitrogen and oxygen atoms in total. The van der Waals surface area contributed by atoms with E-state index in [2.05, 4.69) is 5.32 Å². The second-order valence-electron chi connectivity index (χ2n) is 5.36. The maximum Gasteiger partial charge on any atom is 0.221 e. The highest BCUT2D eigenvalue weighted by atomic mass is 16.6. The molecule has 0 spiro atoms. The van der Waals surface area contributed by atoms with Crippen LogP contribution in [0.15, 0.2) is 48.5 Å². The van der Waals surface area contributed by atoms with Gasteiger partial charge in [-0.1, -0.05) is 24.3 Å². The van der Waals surface area contributed by atoms with Crippen molar-refractivity contribution >= 4 is 23.5 Å². The van der Waals surface area contributed by atoms with Gasteiger partial charge in [-0.05, 0) is 35.9 Å². The Labute approximate surface area is 139 Å². The van der Waals surface area contributed by atoms with E-state index in [4.69, 9.17) is 9.47 Å². The summed E-state index contributed by atoms with van der Waals surface area (Å²) < 4.78 is 11.0. The Morgan fingerprint density at radius 1 is 1.04 bits per heavy atom. The minimum absolute atomic E-state index is 0.142. The summed E-state index contributed by atoms with van der Waals surface area (Å²) in [7, 11) is 0. The second kappa shape index (κ2) is 7.00. The fourth-order valence-corrected chi connectivity index (χ4v) is 2.39. The van der Waals surface area contributed by atoms with E-state index in [9.17, 15) is 9.59 Å². The van der Waals surface area contributed by atoms with Crippen LogP contribution in [-0.4, -0.2) is 24.9 Å². The summed E-state index contributed by atoms with van der Waals surface area (Å²) in [5.74, 6) is 1.08. The molecule has 0 saturated carbocycles. The molecule has 1 aliphatic rings. The molecule has 5 heteroatoms. The van der Waals surface area contributed by atoms with Gasteiger partial charge in [-0.15, -0.1) is 0 Å². The Morgan fingerprint density at radius 3 is 2.62 bits per heavy atom. The minimum atomic E-state index is -0.175. The number of nitrogens with one attached hydrogen (secondary N) is 1. The van der Waals surface area contributed by atoms with Gasteiger partial charge in [0.2, 0.25) is 5.91 Å². The topological polar surface area (TPSA) is 64.6 Å². The number of rotatable bonds is 4. The molecule has 0 unspecified atom stereocenters. The molecule has 24 heavy (non-hydrogen) atoms. The third kappa shape index (κ3) is 3.81. The number of allylic oxidation sites excluding steroid dienone is 1. The monoisotopic (exact) mass is 323 g/mol. The van der Waals surface area contributed by atoms with E-state index < -0.39 is 0 Å². The number of hydrogen-bond acceptors (Lipinski definition) is 4. The van der Waals surface area contributed by atoms with Crippen LogP contribution in [0.1, 0.15) is 22.8 Å².